The van der Waals surface area contributed by atoms with Crippen LogP contribution in [0, 0.1) is 0 Å². The van der Waals surface area contributed by atoms with E-state index in [4.69, 9.17) is 0 Å². The van der Waals surface area contributed by atoms with Crippen LogP contribution in [0.5, 0.6) is 0 Å². The van der Waals surface area contributed by atoms with Crippen LogP contribution in [0.15, 0.2) is 23.8 Å². The molecule has 0 aliphatic carbocycles. The molecule has 0 bridgehead atoms. The molecular formula is C19H16F3N7OS. The Hall–Kier alpha value is -3.28. The summed E-state index contributed by atoms with van der Waals surface area (Å²) in [6.07, 6.45) is -2.47. The number of alkyl halides is 3. The highest BCUT2D eigenvalue weighted by Crippen LogP contribution is 2.35. The van der Waals surface area contributed by atoms with E-state index in [1.165, 1.54) is 23.1 Å². The van der Waals surface area contributed by atoms with E-state index in [0.717, 1.165) is 21.8 Å². The summed E-state index contributed by atoms with van der Waals surface area (Å²) in [5, 5.41) is 8.08. The van der Waals surface area contributed by atoms with Crippen molar-refractivity contribution in [3.05, 3.63) is 46.5 Å². The molecule has 0 fully saturated rings. The van der Waals surface area contributed by atoms with Crippen molar-refractivity contribution in [1.82, 2.24) is 34.4 Å². The fourth-order valence-electron chi connectivity index (χ4n) is 3.88. The largest absolute Gasteiger partial charge is 0.435 e. The molecule has 0 N–H and O–H groups in total. The summed E-state index contributed by atoms with van der Waals surface area (Å²) >= 11 is 1.44. The first-order valence-corrected chi connectivity index (χ1v) is 10.2. The molecule has 1 aliphatic heterocycles. The summed E-state index contributed by atoms with van der Waals surface area (Å²) in [5.74, 6) is -0.215. The van der Waals surface area contributed by atoms with Gasteiger partial charge in [-0.1, -0.05) is 0 Å². The van der Waals surface area contributed by atoms with E-state index in [1.54, 1.807) is 34.4 Å². The first kappa shape index (κ1) is 19.7. The minimum atomic E-state index is -4.52. The molecule has 0 spiro atoms. The second-order valence-electron chi connectivity index (χ2n) is 7.30. The fraction of sp³-hybridized carbons (Fsp3) is 0.316. The van der Waals surface area contributed by atoms with E-state index in [2.05, 4.69) is 20.2 Å². The lowest BCUT2D eigenvalue weighted by Gasteiger charge is -2.26. The number of amides is 1. The third-order valence-corrected chi connectivity index (χ3v) is 6.13. The number of hydrogen-bond acceptors (Lipinski definition) is 6. The van der Waals surface area contributed by atoms with Gasteiger partial charge in [-0.05, 0) is 18.6 Å². The highest BCUT2D eigenvalue weighted by Gasteiger charge is 2.36. The van der Waals surface area contributed by atoms with Gasteiger partial charge in [0.05, 0.1) is 45.6 Å². The Morgan fingerprint density at radius 2 is 1.94 bits per heavy atom. The molecule has 4 aromatic rings. The van der Waals surface area contributed by atoms with E-state index in [9.17, 15) is 18.0 Å². The molecule has 1 amide bonds. The average Bonchev–Trinajstić information content (AvgIpc) is 3.41. The van der Waals surface area contributed by atoms with Crippen LogP contribution in [0.1, 0.15) is 27.4 Å². The van der Waals surface area contributed by atoms with Crippen LogP contribution >= 0.6 is 11.3 Å². The third-order valence-electron chi connectivity index (χ3n) is 5.34. The Morgan fingerprint density at radius 1 is 1.13 bits per heavy atom. The first-order valence-electron chi connectivity index (χ1n) is 9.37. The number of aromatic nitrogens is 6. The van der Waals surface area contributed by atoms with E-state index in [1.807, 2.05) is 0 Å². The number of carbonyl (C=O) groups excluding carboxylic acids is 1. The number of nitrogens with zero attached hydrogens (tertiary/aromatic N) is 7. The van der Waals surface area contributed by atoms with Crippen LogP contribution in [0.2, 0.25) is 0 Å². The van der Waals surface area contributed by atoms with Crippen LogP contribution < -0.4 is 0 Å². The van der Waals surface area contributed by atoms with Gasteiger partial charge in [-0.25, -0.2) is 9.97 Å². The number of aryl methyl sites for hydroxylation is 2. The second-order valence-corrected chi connectivity index (χ2v) is 8.19. The van der Waals surface area contributed by atoms with Crippen molar-refractivity contribution in [3.8, 4) is 11.4 Å². The number of rotatable bonds is 2. The first-order chi connectivity index (χ1) is 14.7. The molecule has 5 rings (SSSR count). The van der Waals surface area contributed by atoms with Crippen molar-refractivity contribution in [1.29, 1.82) is 0 Å². The maximum Gasteiger partial charge on any atom is 0.435 e. The smallest absolute Gasteiger partial charge is 0.331 e. The molecule has 0 saturated heterocycles. The lowest BCUT2D eigenvalue weighted by atomic mass is 10.0. The molecule has 0 atom stereocenters. The minimum absolute atomic E-state index is 0.215. The zero-order valence-electron chi connectivity index (χ0n) is 16.5. The maximum absolute atomic E-state index is 13.1. The van der Waals surface area contributed by atoms with Gasteiger partial charge < -0.3 is 4.90 Å². The number of halogens is 3. The summed E-state index contributed by atoms with van der Waals surface area (Å²) < 4.78 is 42.9. The summed E-state index contributed by atoms with van der Waals surface area (Å²) in [7, 11) is 3.16. The molecule has 4 aromatic heterocycles. The molecule has 1 aliphatic rings. The quantitative estimate of drug-likeness (QED) is 0.472. The molecule has 5 heterocycles. The van der Waals surface area contributed by atoms with Crippen LogP contribution in [0.25, 0.3) is 21.6 Å². The van der Waals surface area contributed by atoms with Gasteiger partial charge in [0.25, 0.3) is 5.91 Å². The van der Waals surface area contributed by atoms with Crippen molar-refractivity contribution < 1.29 is 18.0 Å². The van der Waals surface area contributed by atoms with Gasteiger partial charge in [0, 0.05) is 26.2 Å². The van der Waals surface area contributed by atoms with Gasteiger partial charge in [-0.3, -0.25) is 14.2 Å². The zero-order chi connectivity index (χ0) is 21.9. The van der Waals surface area contributed by atoms with Crippen molar-refractivity contribution >= 4 is 27.5 Å². The van der Waals surface area contributed by atoms with Gasteiger partial charge in [0.1, 0.15) is 5.69 Å². The highest BCUT2D eigenvalue weighted by atomic mass is 32.1. The predicted octanol–water partition coefficient (Wildman–Crippen LogP) is 3.04. The summed E-state index contributed by atoms with van der Waals surface area (Å²) in [6, 6.07) is 2.76. The van der Waals surface area contributed by atoms with Gasteiger partial charge >= 0.3 is 6.18 Å². The van der Waals surface area contributed by atoms with Crippen LogP contribution in [-0.2, 0) is 33.2 Å². The maximum atomic E-state index is 13.1. The van der Waals surface area contributed by atoms with Crippen molar-refractivity contribution in [2.75, 3.05) is 6.54 Å². The molecule has 12 heteroatoms. The van der Waals surface area contributed by atoms with Gasteiger partial charge in [-0.2, -0.15) is 23.4 Å². The Kier molecular flexibility index (Phi) is 4.36. The molecule has 8 nitrogen and oxygen atoms in total. The predicted molar refractivity (Wildman–Crippen MR) is 106 cm³/mol. The average molecular weight is 447 g/mol. The number of pyridine rings is 1. The van der Waals surface area contributed by atoms with Crippen molar-refractivity contribution in [3.63, 3.8) is 0 Å². The molecular weight excluding hydrogens is 431 g/mol. The van der Waals surface area contributed by atoms with Crippen molar-refractivity contribution in [2.24, 2.45) is 14.1 Å². The SMILES string of the molecule is Cn1nc(C(F)(F)F)cc1-c1c2c(nn1C)CN(C(=O)c1cc3scnc3cn1)CC2. The van der Waals surface area contributed by atoms with E-state index in [0.29, 0.717) is 35.7 Å². The second kappa shape index (κ2) is 6.87. The molecule has 31 heavy (non-hydrogen) atoms. The lowest BCUT2D eigenvalue weighted by molar-refractivity contribution is -0.141. The monoisotopic (exact) mass is 447 g/mol. The number of thiazole rings is 1. The fourth-order valence-corrected chi connectivity index (χ4v) is 4.57. The summed E-state index contributed by atoms with van der Waals surface area (Å²) in [4.78, 5) is 23.0. The molecule has 0 aromatic carbocycles. The number of carbonyl (C=O) groups is 1. The molecule has 0 radical (unpaired) electrons. The van der Waals surface area contributed by atoms with Crippen LogP contribution in [-0.4, -0.2) is 46.9 Å². The Morgan fingerprint density at radius 3 is 2.68 bits per heavy atom. The van der Waals surface area contributed by atoms with Gasteiger partial charge in [-0.15, -0.1) is 11.3 Å². The molecule has 0 unspecified atom stereocenters. The zero-order valence-corrected chi connectivity index (χ0v) is 17.3. The molecule has 160 valence electrons. The summed E-state index contributed by atoms with van der Waals surface area (Å²) in [5.41, 5.74) is 4.23. The molecule has 0 saturated carbocycles. The number of fused-ring (bicyclic) bond motifs is 2. The van der Waals surface area contributed by atoms with Crippen molar-refractivity contribution in [2.45, 2.75) is 19.1 Å². The topological polar surface area (TPSA) is 81.7 Å². The Labute approximate surface area is 177 Å². The summed E-state index contributed by atoms with van der Waals surface area (Å²) in [6.45, 7) is 0.672. The Bertz CT molecular complexity index is 1320. The lowest BCUT2D eigenvalue weighted by Crippen LogP contribution is -2.36. The van der Waals surface area contributed by atoms with E-state index < -0.39 is 11.9 Å². The third kappa shape index (κ3) is 3.26. The highest BCUT2D eigenvalue weighted by molar-refractivity contribution is 7.16. The van der Waals surface area contributed by atoms with E-state index >= 15 is 0 Å². The normalized spacial score (nSPS) is 14.3. The Balaban J connectivity index is 1.45. The number of hydrogen-bond donors (Lipinski definition) is 0. The van der Waals surface area contributed by atoms with Gasteiger partial charge in [0.2, 0.25) is 0 Å². The van der Waals surface area contributed by atoms with Crippen LogP contribution in [0.4, 0.5) is 13.2 Å². The standard InChI is InChI=1S/C19H16F3N7OS/c1-27-14(6-16(26-27)19(20,21)22)17-10-3-4-29(8-13(10)25-28(17)2)18(30)11-5-15-12(7-23-11)24-9-31-15/h5-7,9H,3-4,8H2,1-2H3. The van der Waals surface area contributed by atoms with Gasteiger partial charge in [0.15, 0.2) is 5.69 Å². The minimum Gasteiger partial charge on any atom is -0.331 e. The van der Waals surface area contributed by atoms with E-state index in [-0.39, 0.29) is 12.5 Å². The van der Waals surface area contributed by atoms with Crippen LogP contribution in [0.3, 0.4) is 0 Å².